The minimum Gasteiger partial charge on any atom is -0.397 e. The average molecular weight is 275 g/mol. The summed E-state index contributed by atoms with van der Waals surface area (Å²) in [7, 11) is 0. The summed E-state index contributed by atoms with van der Waals surface area (Å²) in [5.41, 5.74) is 7.07. The molecular weight excluding hydrogens is 264 g/mol. The lowest BCUT2D eigenvalue weighted by Gasteiger charge is -2.09. The minimum atomic E-state index is -0.262. The van der Waals surface area contributed by atoms with Crippen molar-refractivity contribution in [3.8, 4) is 6.07 Å². The van der Waals surface area contributed by atoms with Gasteiger partial charge in [-0.3, -0.25) is 4.79 Å². The van der Waals surface area contributed by atoms with E-state index in [9.17, 15) is 4.79 Å². The molecule has 19 heavy (non-hydrogen) atoms. The van der Waals surface area contributed by atoms with Crippen molar-refractivity contribution in [2.75, 3.05) is 11.1 Å². The first kappa shape index (κ1) is 13.0. The van der Waals surface area contributed by atoms with E-state index in [1.54, 1.807) is 41.1 Å². The number of halogens is 1. The molecule has 1 amide bonds. The van der Waals surface area contributed by atoms with Crippen LogP contribution in [0.15, 0.2) is 36.5 Å². The molecule has 0 aliphatic rings. The lowest BCUT2D eigenvalue weighted by molar-refractivity contribution is -0.116. The van der Waals surface area contributed by atoms with Crippen molar-refractivity contribution >= 4 is 28.9 Å². The fourth-order valence-electron chi connectivity index (χ4n) is 1.65. The number of carbonyl (C=O) groups excluding carboxylic acids is 1. The first-order valence-corrected chi connectivity index (χ1v) is 5.88. The lowest BCUT2D eigenvalue weighted by Crippen LogP contribution is -2.19. The van der Waals surface area contributed by atoms with E-state index in [-0.39, 0.29) is 12.5 Å². The molecule has 2 rings (SSSR count). The fourth-order valence-corrected chi connectivity index (χ4v) is 1.83. The van der Waals surface area contributed by atoms with E-state index in [1.807, 2.05) is 6.07 Å². The monoisotopic (exact) mass is 274 g/mol. The van der Waals surface area contributed by atoms with Gasteiger partial charge in [0.15, 0.2) is 0 Å². The molecule has 0 saturated carbocycles. The maximum absolute atomic E-state index is 11.9. The number of carbonyl (C=O) groups is 1. The molecule has 0 aliphatic carbocycles. The normalized spacial score (nSPS) is 9.89. The molecule has 96 valence electrons. The second kappa shape index (κ2) is 5.46. The largest absolute Gasteiger partial charge is 0.397 e. The van der Waals surface area contributed by atoms with Crippen LogP contribution >= 0.6 is 11.6 Å². The number of benzene rings is 1. The molecule has 0 radical (unpaired) electrons. The van der Waals surface area contributed by atoms with Gasteiger partial charge in [-0.05, 0) is 30.3 Å². The number of aromatic nitrogens is 1. The Labute approximate surface area is 115 Å². The number of nitriles is 1. The Hall–Kier alpha value is -2.45. The Bertz CT molecular complexity index is 657. The smallest absolute Gasteiger partial charge is 0.244 e. The summed E-state index contributed by atoms with van der Waals surface area (Å²) >= 11 is 5.78. The van der Waals surface area contributed by atoms with Crippen LogP contribution in [0.1, 0.15) is 5.69 Å². The van der Waals surface area contributed by atoms with Crippen LogP contribution in [-0.2, 0) is 11.3 Å². The first-order valence-electron chi connectivity index (χ1n) is 5.50. The van der Waals surface area contributed by atoms with Gasteiger partial charge in [0, 0.05) is 11.2 Å². The van der Waals surface area contributed by atoms with Gasteiger partial charge in [0.25, 0.3) is 0 Å². The molecule has 1 aromatic heterocycles. The van der Waals surface area contributed by atoms with Crippen LogP contribution in [0.2, 0.25) is 5.02 Å². The Kier molecular flexibility index (Phi) is 3.74. The molecule has 0 unspecified atom stereocenters. The van der Waals surface area contributed by atoms with Gasteiger partial charge in [0.2, 0.25) is 5.91 Å². The molecule has 0 fully saturated rings. The molecule has 0 atom stereocenters. The predicted molar refractivity (Wildman–Crippen MR) is 73.6 cm³/mol. The third-order valence-corrected chi connectivity index (χ3v) is 2.78. The summed E-state index contributed by atoms with van der Waals surface area (Å²) in [6.07, 6.45) is 1.67. The maximum Gasteiger partial charge on any atom is 0.244 e. The number of nitrogens with zero attached hydrogens (tertiary/aromatic N) is 2. The average Bonchev–Trinajstić information content (AvgIpc) is 2.80. The van der Waals surface area contributed by atoms with Crippen molar-refractivity contribution in [3.63, 3.8) is 0 Å². The Balaban J connectivity index is 2.08. The quantitative estimate of drug-likeness (QED) is 0.842. The van der Waals surface area contributed by atoms with E-state index in [0.717, 1.165) is 0 Å². The van der Waals surface area contributed by atoms with Gasteiger partial charge in [0.05, 0.1) is 11.4 Å². The van der Waals surface area contributed by atoms with Gasteiger partial charge in [-0.2, -0.15) is 5.26 Å². The Morgan fingerprint density at radius 2 is 2.26 bits per heavy atom. The fraction of sp³-hybridized carbons (Fsp3) is 0.0769. The first-order chi connectivity index (χ1) is 9.10. The highest BCUT2D eigenvalue weighted by atomic mass is 35.5. The molecule has 6 heteroatoms. The zero-order valence-corrected chi connectivity index (χ0v) is 10.7. The summed E-state index contributed by atoms with van der Waals surface area (Å²) in [5, 5.41) is 12.0. The molecular formula is C13H11ClN4O. The number of amides is 1. The topological polar surface area (TPSA) is 83.8 Å². The number of anilines is 2. The van der Waals surface area contributed by atoms with Gasteiger partial charge in [-0.15, -0.1) is 0 Å². The van der Waals surface area contributed by atoms with Gasteiger partial charge in [-0.25, -0.2) is 0 Å². The number of nitrogen functional groups attached to an aromatic ring is 1. The highest BCUT2D eigenvalue weighted by Gasteiger charge is 2.08. The van der Waals surface area contributed by atoms with Crippen LogP contribution < -0.4 is 11.1 Å². The molecule has 3 N–H and O–H groups in total. The van der Waals surface area contributed by atoms with Crippen LogP contribution in [0.5, 0.6) is 0 Å². The van der Waals surface area contributed by atoms with Crippen LogP contribution in [0.3, 0.4) is 0 Å². The second-order valence-electron chi connectivity index (χ2n) is 3.91. The van der Waals surface area contributed by atoms with Crippen molar-refractivity contribution in [2.24, 2.45) is 0 Å². The maximum atomic E-state index is 11.9. The molecule has 0 bridgehead atoms. The van der Waals surface area contributed by atoms with Gasteiger partial charge in [-0.1, -0.05) is 11.6 Å². The summed E-state index contributed by atoms with van der Waals surface area (Å²) in [6, 6.07) is 10.2. The van der Waals surface area contributed by atoms with E-state index in [1.165, 1.54) is 0 Å². The Morgan fingerprint density at radius 1 is 1.47 bits per heavy atom. The second-order valence-corrected chi connectivity index (χ2v) is 4.35. The Morgan fingerprint density at radius 3 is 2.95 bits per heavy atom. The van der Waals surface area contributed by atoms with E-state index < -0.39 is 0 Å². The van der Waals surface area contributed by atoms with E-state index in [2.05, 4.69) is 5.32 Å². The molecule has 0 spiro atoms. The van der Waals surface area contributed by atoms with E-state index >= 15 is 0 Å². The lowest BCUT2D eigenvalue weighted by atomic mass is 10.2. The number of nitrogens with two attached hydrogens (primary N) is 1. The van der Waals surface area contributed by atoms with Crippen LogP contribution in [-0.4, -0.2) is 10.5 Å². The highest BCUT2D eigenvalue weighted by Crippen LogP contribution is 2.22. The third-order valence-electron chi connectivity index (χ3n) is 2.55. The zero-order chi connectivity index (χ0) is 13.8. The van der Waals surface area contributed by atoms with Gasteiger partial charge >= 0.3 is 0 Å². The van der Waals surface area contributed by atoms with E-state index in [0.29, 0.717) is 22.1 Å². The van der Waals surface area contributed by atoms with Crippen molar-refractivity contribution in [2.45, 2.75) is 6.54 Å². The minimum absolute atomic E-state index is 0.0535. The third kappa shape index (κ3) is 3.06. The molecule has 0 saturated heterocycles. The number of nitrogens with one attached hydrogen (secondary N) is 1. The van der Waals surface area contributed by atoms with Crippen LogP contribution in [0, 0.1) is 11.3 Å². The van der Waals surface area contributed by atoms with Crippen molar-refractivity contribution in [3.05, 3.63) is 47.2 Å². The molecule has 1 aromatic carbocycles. The summed E-state index contributed by atoms with van der Waals surface area (Å²) in [5.74, 6) is -0.262. The predicted octanol–water partition coefficient (Wildman–Crippen LogP) is 2.23. The van der Waals surface area contributed by atoms with Crippen LogP contribution in [0.4, 0.5) is 11.4 Å². The van der Waals surface area contributed by atoms with E-state index in [4.69, 9.17) is 22.6 Å². The zero-order valence-electron chi connectivity index (χ0n) is 9.93. The SMILES string of the molecule is N#Cc1cccn1CC(=O)Nc1ccc(Cl)cc1N. The summed E-state index contributed by atoms with van der Waals surface area (Å²) in [6.45, 7) is 0.0535. The molecule has 0 aliphatic heterocycles. The standard InChI is InChI=1S/C13H11ClN4O/c14-9-3-4-12(11(16)6-9)17-13(19)8-18-5-1-2-10(18)7-15/h1-6H,8,16H2,(H,17,19). The molecule has 2 aromatic rings. The summed E-state index contributed by atoms with van der Waals surface area (Å²) < 4.78 is 1.56. The van der Waals surface area contributed by atoms with Gasteiger partial charge in [0.1, 0.15) is 18.3 Å². The molecule has 5 nitrogen and oxygen atoms in total. The van der Waals surface area contributed by atoms with Crippen molar-refractivity contribution < 1.29 is 4.79 Å². The highest BCUT2D eigenvalue weighted by molar-refractivity contribution is 6.31. The van der Waals surface area contributed by atoms with Crippen molar-refractivity contribution in [1.29, 1.82) is 5.26 Å². The number of hydrogen-bond acceptors (Lipinski definition) is 3. The van der Waals surface area contributed by atoms with Crippen LogP contribution in [0.25, 0.3) is 0 Å². The number of hydrogen-bond donors (Lipinski definition) is 2. The van der Waals surface area contributed by atoms with Gasteiger partial charge < -0.3 is 15.6 Å². The molecule has 1 heterocycles. The van der Waals surface area contributed by atoms with Crippen molar-refractivity contribution in [1.82, 2.24) is 4.57 Å². The summed E-state index contributed by atoms with van der Waals surface area (Å²) in [4.78, 5) is 11.9. The number of rotatable bonds is 3.